The zero-order valence-electron chi connectivity index (χ0n) is 16.3. The number of aromatic nitrogens is 4. The molecule has 1 aliphatic carbocycles. The number of para-hydroxylation sites is 2. The predicted molar refractivity (Wildman–Crippen MR) is 104 cm³/mol. The molecule has 2 aliphatic heterocycles. The second kappa shape index (κ2) is 6.58. The molecule has 0 radical (unpaired) electrons. The van der Waals surface area contributed by atoms with Crippen LogP contribution in [0.5, 0.6) is 0 Å². The molecule has 2 amide bonds. The second-order valence-electron chi connectivity index (χ2n) is 8.21. The molecule has 1 saturated carbocycles. The van der Waals surface area contributed by atoms with Gasteiger partial charge in [-0.2, -0.15) is 4.98 Å². The molecule has 9 heteroatoms. The lowest BCUT2D eigenvalue weighted by Gasteiger charge is -2.24. The molecule has 152 valence electrons. The van der Waals surface area contributed by atoms with Crippen molar-refractivity contribution in [3.63, 3.8) is 0 Å². The molecule has 2 aromatic heterocycles. The Balaban J connectivity index is 1.21. The van der Waals surface area contributed by atoms with Gasteiger partial charge in [0.15, 0.2) is 5.82 Å². The third-order valence-corrected chi connectivity index (χ3v) is 6.27. The predicted octanol–water partition coefficient (Wildman–Crippen LogP) is 1.91. The van der Waals surface area contributed by atoms with E-state index in [1.165, 1.54) is 6.20 Å². The summed E-state index contributed by atoms with van der Waals surface area (Å²) in [5.41, 5.74) is 1.75. The van der Waals surface area contributed by atoms with Crippen LogP contribution in [0.15, 0.2) is 35.0 Å². The minimum absolute atomic E-state index is 0.0184. The summed E-state index contributed by atoms with van der Waals surface area (Å²) in [4.78, 5) is 42.7. The lowest BCUT2D eigenvalue weighted by atomic mass is 10.1. The van der Waals surface area contributed by atoms with Crippen LogP contribution in [0.1, 0.15) is 53.8 Å². The smallest absolute Gasteiger partial charge is 0.274 e. The van der Waals surface area contributed by atoms with E-state index in [0.717, 1.165) is 24.8 Å². The van der Waals surface area contributed by atoms with Crippen LogP contribution in [0.25, 0.3) is 11.0 Å². The highest BCUT2D eigenvalue weighted by Gasteiger charge is 2.49. The van der Waals surface area contributed by atoms with Gasteiger partial charge in [-0.1, -0.05) is 17.3 Å². The van der Waals surface area contributed by atoms with Crippen molar-refractivity contribution in [1.82, 2.24) is 29.9 Å². The fraction of sp³-hybridized carbons (Fsp3) is 0.429. The second-order valence-corrected chi connectivity index (χ2v) is 8.21. The Labute approximate surface area is 172 Å². The minimum Gasteiger partial charge on any atom is -0.339 e. The molecular weight excluding hydrogens is 384 g/mol. The average molecular weight is 404 g/mol. The van der Waals surface area contributed by atoms with Crippen LogP contribution in [-0.2, 0) is 11.3 Å². The maximum atomic E-state index is 13.1. The van der Waals surface area contributed by atoms with Gasteiger partial charge in [-0.15, -0.1) is 0 Å². The number of amides is 2. The molecule has 0 spiro atoms. The topological polar surface area (TPSA) is 105 Å². The number of carbonyl (C=O) groups is 2. The van der Waals surface area contributed by atoms with Gasteiger partial charge in [-0.05, 0) is 31.4 Å². The highest BCUT2D eigenvalue weighted by Crippen LogP contribution is 2.39. The van der Waals surface area contributed by atoms with Crippen molar-refractivity contribution in [2.75, 3.05) is 6.54 Å². The largest absolute Gasteiger partial charge is 0.339 e. The fourth-order valence-electron chi connectivity index (χ4n) is 4.57. The monoisotopic (exact) mass is 404 g/mol. The third-order valence-electron chi connectivity index (χ3n) is 6.27. The summed E-state index contributed by atoms with van der Waals surface area (Å²) in [6.45, 7) is 0.917. The lowest BCUT2D eigenvalue weighted by molar-refractivity contribution is -0.129. The quantitative estimate of drug-likeness (QED) is 0.654. The zero-order chi connectivity index (χ0) is 20.2. The number of likely N-dealkylation sites (tertiary alicyclic amines) is 2. The SMILES string of the molecule is O=C1C[C@H]2[C@H](CCN2C(=O)c2cnc3ccccc3n2)N1Cc1noc(C2CC2)n1. The van der Waals surface area contributed by atoms with Crippen molar-refractivity contribution < 1.29 is 14.1 Å². The molecule has 4 heterocycles. The van der Waals surface area contributed by atoms with E-state index >= 15 is 0 Å². The summed E-state index contributed by atoms with van der Waals surface area (Å²) in [6, 6.07) is 7.28. The van der Waals surface area contributed by atoms with Crippen LogP contribution in [-0.4, -0.2) is 60.4 Å². The van der Waals surface area contributed by atoms with Gasteiger partial charge in [-0.25, -0.2) is 4.98 Å². The molecule has 3 aromatic rings. The number of hydrogen-bond acceptors (Lipinski definition) is 7. The molecule has 6 rings (SSSR count). The summed E-state index contributed by atoms with van der Waals surface area (Å²) < 4.78 is 5.32. The van der Waals surface area contributed by atoms with E-state index in [-0.39, 0.29) is 23.9 Å². The number of carbonyl (C=O) groups excluding carboxylic acids is 2. The van der Waals surface area contributed by atoms with Crippen molar-refractivity contribution in [1.29, 1.82) is 0 Å². The first-order valence-electron chi connectivity index (χ1n) is 10.3. The van der Waals surface area contributed by atoms with E-state index in [1.807, 2.05) is 24.3 Å². The number of fused-ring (bicyclic) bond motifs is 2. The average Bonchev–Trinajstić information content (AvgIpc) is 3.25. The molecule has 0 unspecified atom stereocenters. The van der Waals surface area contributed by atoms with Gasteiger partial charge in [0.1, 0.15) is 5.69 Å². The Morgan fingerprint density at radius 2 is 1.93 bits per heavy atom. The van der Waals surface area contributed by atoms with Gasteiger partial charge in [0, 0.05) is 18.9 Å². The highest BCUT2D eigenvalue weighted by atomic mass is 16.5. The lowest BCUT2D eigenvalue weighted by Crippen LogP contribution is -2.40. The number of benzene rings is 1. The van der Waals surface area contributed by atoms with E-state index < -0.39 is 0 Å². The summed E-state index contributed by atoms with van der Waals surface area (Å²) in [5.74, 6) is 1.44. The van der Waals surface area contributed by atoms with Crippen molar-refractivity contribution in [3.05, 3.63) is 47.9 Å². The van der Waals surface area contributed by atoms with Crippen molar-refractivity contribution in [3.8, 4) is 0 Å². The normalized spacial score (nSPS) is 23.4. The molecule has 2 saturated heterocycles. The zero-order valence-corrected chi connectivity index (χ0v) is 16.3. The van der Waals surface area contributed by atoms with Crippen LogP contribution < -0.4 is 0 Å². The Kier molecular flexibility index (Phi) is 3.84. The molecule has 3 fully saturated rings. The van der Waals surface area contributed by atoms with Crippen LogP contribution >= 0.6 is 0 Å². The molecule has 30 heavy (non-hydrogen) atoms. The van der Waals surface area contributed by atoms with Crippen LogP contribution in [0.4, 0.5) is 0 Å². The van der Waals surface area contributed by atoms with E-state index in [2.05, 4.69) is 20.1 Å². The number of nitrogens with zero attached hydrogens (tertiary/aromatic N) is 6. The molecule has 1 aromatic carbocycles. The first kappa shape index (κ1) is 17.5. The van der Waals surface area contributed by atoms with Gasteiger partial charge in [0.05, 0.1) is 35.9 Å². The van der Waals surface area contributed by atoms with E-state index in [9.17, 15) is 9.59 Å². The van der Waals surface area contributed by atoms with Gasteiger partial charge in [0.25, 0.3) is 5.91 Å². The van der Waals surface area contributed by atoms with Crippen molar-refractivity contribution in [2.24, 2.45) is 0 Å². The standard InChI is InChI=1S/C21H20N6O3/c28-19-9-17-16(27(19)11-18-24-20(30-25-18)12-5-6-12)7-8-26(17)21(29)15-10-22-13-3-1-2-4-14(13)23-15/h1-4,10,12,16-17H,5-9,11H2/t16-,17-/m0/s1. The number of rotatable bonds is 4. The van der Waals surface area contributed by atoms with Gasteiger partial charge < -0.3 is 14.3 Å². The fourth-order valence-corrected chi connectivity index (χ4v) is 4.57. The molecule has 2 atom stereocenters. The van der Waals surface area contributed by atoms with Crippen LogP contribution in [0.3, 0.4) is 0 Å². The van der Waals surface area contributed by atoms with Gasteiger partial charge in [0.2, 0.25) is 11.8 Å². The van der Waals surface area contributed by atoms with E-state index in [0.29, 0.717) is 48.4 Å². The molecule has 9 nitrogen and oxygen atoms in total. The first-order chi connectivity index (χ1) is 14.7. The molecule has 0 bridgehead atoms. The maximum absolute atomic E-state index is 13.1. The minimum atomic E-state index is -0.175. The van der Waals surface area contributed by atoms with Crippen LogP contribution in [0.2, 0.25) is 0 Å². The van der Waals surface area contributed by atoms with E-state index in [1.54, 1.807) is 9.80 Å². The van der Waals surface area contributed by atoms with Gasteiger partial charge in [-0.3, -0.25) is 14.6 Å². The summed E-state index contributed by atoms with van der Waals surface area (Å²) in [7, 11) is 0. The molecular formula is C21H20N6O3. The maximum Gasteiger partial charge on any atom is 0.274 e. The highest BCUT2D eigenvalue weighted by molar-refractivity contribution is 5.95. The summed E-state index contributed by atoms with van der Waals surface area (Å²) in [6.07, 6.45) is 4.74. The van der Waals surface area contributed by atoms with Crippen molar-refractivity contribution >= 4 is 22.8 Å². The summed E-state index contributed by atoms with van der Waals surface area (Å²) in [5, 5.41) is 4.04. The third kappa shape index (κ3) is 2.84. The van der Waals surface area contributed by atoms with Crippen molar-refractivity contribution in [2.45, 2.75) is 50.2 Å². The van der Waals surface area contributed by atoms with Gasteiger partial charge >= 0.3 is 0 Å². The Morgan fingerprint density at radius 1 is 1.10 bits per heavy atom. The van der Waals surface area contributed by atoms with Crippen LogP contribution in [0, 0.1) is 0 Å². The Morgan fingerprint density at radius 3 is 2.77 bits per heavy atom. The first-order valence-corrected chi connectivity index (χ1v) is 10.3. The number of hydrogen-bond donors (Lipinski definition) is 0. The Bertz CT molecular complexity index is 1160. The molecule has 3 aliphatic rings. The Hall–Kier alpha value is -3.36. The van der Waals surface area contributed by atoms with E-state index in [4.69, 9.17) is 4.52 Å². The molecule has 0 N–H and O–H groups in total. The summed E-state index contributed by atoms with van der Waals surface area (Å²) >= 11 is 0.